The van der Waals surface area contributed by atoms with Crippen LogP contribution in [0.2, 0.25) is 0 Å². The molecule has 8 heteroatoms. The number of benzene rings is 2. The molecule has 2 aromatic carbocycles. The molecular formula is C26H22N2O5S. The van der Waals surface area contributed by atoms with Crippen LogP contribution >= 0.6 is 11.3 Å². The van der Waals surface area contributed by atoms with Gasteiger partial charge < -0.3 is 18.8 Å². The number of hydrogen-bond donors (Lipinski definition) is 0. The van der Waals surface area contributed by atoms with Gasteiger partial charge in [0.25, 0.3) is 0 Å². The van der Waals surface area contributed by atoms with E-state index in [0.29, 0.717) is 35.3 Å². The number of aromatic nitrogens is 2. The Morgan fingerprint density at radius 1 is 1.09 bits per heavy atom. The predicted octanol–water partition coefficient (Wildman–Crippen LogP) is 4.91. The number of ether oxygens (including phenoxy) is 3. The number of esters is 1. The van der Waals surface area contributed by atoms with Crippen molar-refractivity contribution in [1.82, 2.24) is 9.55 Å². The van der Waals surface area contributed by atoms with Crippen LogP contribution < -0.4 is 9.47 Å². The third kappa shape index (κ3) is 4.32. The van der Waals surface area contributed by atoms with Crippen LogP contribution in [0.4, 0.5) is 0 Å². The first kappa shape index (κ1) is 21.9. The molecule has 0 fully saturated rings. The Morgan fingerprint density at radius 2 is 1.88 bits per heavy atom. The lowest BCUT2D eigenvalue weighted by molar-refractivity contribution is -0.136. The molecule has 7 nitrogen and oxygen atoms in total. The molecule has 172 valence electrons. The van der Waals surface area contributed by atoms with Crippen LogP contribution in [0, 0.1) is 13.8 Å². The minimum absolute atomic E-state index is 0.265. The number of Topliss-reactive ketones (excluding diaryl/α,β-unsaturated/α-hetero) is 1. The SMILES string of the molecule is Cc1cc(C(=O)COC(=O)/C=C/c2nc3ccccc3s2)c(C)n1-c1ccc2c(c1)OCCO2. The maximum Gasteiger partial charge on any atom is 0.331 e. The van der Waals surface area contributed by atoms with Crippen LogP contribution in [0.1, 0.15) is 26.8 Å². The highest BCUT2D eigenvalue weighted by molar-refractivity contribution is 7.19. The molecular weight excluding hydrogens is 452 g/mol. The molecule has 0 atom stereocenters. The maximum atomic E-state index is 12.8. The fraction of sp³-hybridized carbons (Fsp3) is 0.192. The number of rotatable bonds is 6. The zero-order valence-electron chi connectivity index (χ0n) is 18.7. The first-order valence-electron chi connectivity index (χ1n) is 10.8. The van der Waals surface area contributed by atoms with Crippen molar-refractivity contribution in [3.8, 4) is 17.2 Å². The van der Waals surface area contributed by atoms with Gasteiger partial charge in [0.2, 0.25) is 5.78 Å². The average Bonchev–Trinajstić information content (AvgIpc) is 3.40. The third-order valence-electron chi connectivity index (χ3n) is 5.53. The van der Waals surface area contributed by atoms with Gasteiger partial charge >= 0.3 is 5.97 Å². The highest BCUT2D eigenvalue weighted by Crippen LogP contribution is 2.33. The van der Waals surface area contributed by atoms with Crippen molar-refractivity contribution in [3.63, 3.8) is 0 Å². The highest BCUT2D eigenvalue weighted by atomic mass is 32.1. The largest absolute Gasteiger partial charge is 0.486 e. The lowest BCUT2D eigenvalue weighted by Gasteiger charge is -2.20. The van der Waals surface area contributed by atoms with Crippen molar-refractivity contribution in [2.45, 2.75) is 13.8 Å². The molecule has 1 aliphatic rings. The fourth-order valence-electron chi connectivity index (χ4n) is 3.98. The molecule has 0 N–H and O–H groups in total. The van der Waals surface area contributed by atoms with Crippen LogP contribution in [0.25, 0.3) is 22.0 Å². The summed E-state index contributed by atoms with van der Waals surface area (Å²) < 4.78 is 19.5. The van der Waals surface area contributed by atoms with E-state index >= 15 is 0 Å². The summed E-state index contributed by atoms with van der Waals surface area (Å²) >= 11 is 1.48. The van der Waals surface area contributed by atoms with Gasteiger partial charge in [-0.1, -0.05) is 12.1 Å². The van der Waals surface area contributed by atoms with Crippen LogP contribution in [0.5, 0.6) is 11.5 Å². The van der Waals surface area contributed by atoms with Gasteiger partial charge in [0.05, 0.1) is 10.2 Å². The lowest BCUT2D eigenvalue weighted by atomic mass is 10.1. The van der Waals surface area contributed by atoms with Gasteiger partial charge in [0.1, 0.15) is 18.2 Å². The fourth-order valence-corrected chi connectivity index (χ4v) is 4.85. The molecule has 2 aromatic heterocycles. The van der Waals surface area contributed by atoms with Gasteiger partial charge in [-0.05, 0) is 50.3 Å². The number of para-hydroxylation sites is 1. The number of hydrogen-bond acceptors (Lipinski definition) is 7. The van der Waals surface area contributed by atoms with Crippen molar-refractivity contribution < 1.29 is 23.8 Å². The van der Waals surface area contributed by atoms with Gasteiger partial charge in [-0.2, -0.15) is 0 Å². The molecule has 0 bridgehead atoms. The Hall–Kier alpha value is -3.91. The first-order chi connectivity index (χ1) is 16.5. The number of thiazole rings is 1. The van der Waals surface area contributed by atoms with Crippen molar-refractivity contribution in [2.24, 2.45) is 0 Å². The molecule has 0 unspecified atom stereocenters. The molecule has 3 heterocycles. The van der Waals surface area contributed by atoms with E-state index < -0.39 is 5.97 Å². The molecule has 34 heavy (non-hydrogen) atoms. The molecule has 0 radical (unpaired) electrons. The van der Waals surface area contributed by atoms with Crippen LogP contribution in [0.3, 0.4) is 0 Å². The Kier molecular flexibility index (Phi) is 5.90. The molecule has 0 saturated heterocycles. The summed E-state index contributed by atoms with van der Waals surface area (Å²) in [5, 5.41) is 0.701. The summed E-state index contributed by atoms with van der Waals surface area (Å²) in [5.41, 5.74) is 3.91. The summed E-state index contributed by atoms with van der Waals surface area (Å²) in [4.78, 5) is 29.4. The summed E-state index contributed by atoms with van der Waals surface area (Å²) in [6.07, 6.45) is 2.90. The standard InChI is InChI=1S/C26H22N2O5S/c1-16-13-19(17(2)28(16)18-7-8-22-23(14-18)32-12-11-31-22)21(29)15-33-26(30)10-9-25-27-20-5-3-4-6-24(20)34-25/h3-10,13-14H,11-12,15H2,1-2H3/b10-9+. The van der Waals surface area contributed by atoms with E-state index in [1.807, 2.05) is 60.9 Å². The number of nitrogens with zero attached hydrogens (tertiary/aromatic N) is 2. The van der Waals surface area contributed by atoms with Gasteiger partial charge in [-0.25, -0.2) is 9.78 Å². The van der Waals surface area contributed by atoms with Gasteiger partial charge in [-0.15, -0.1) is 11.3 Å². The summed E-state index contributed by atoms with van der Waals surface area (Å²) in [5.74, 6) is 0.532. The second kappa shape index (κ2) is 9.15. The van der Waals surface area contributed by atoms with Crippen LogP contribution in [-0.2, 0) is 9.53 Å². The normalized spacial score (nSPS) is 12.9. The number of aryl methyl sites for hydroxylation is 1. The predicted molar refractivity (Wildman–Crippen MR) is 130 cm³/mol. The molecule has 5 rings (SSSR count). The van der Waals surface area contributed by atoms with E-state index in [4.69, 9.17) is 14.2 Å². The number of carbonyl (C=O) groups is 2. The summed E-state index contributed by atoms with van der Waals surface area (Å²) in [6, 6.07) is 15.2. The van der Waals surface area contributed by atoms with E-state index in [1.54, 1.807) is 12.1 Å². The van der Waals surface area contributed by atoms with Gasteiger partial charge in [-0.3, -0.25) is 4.79 Å². The zero-order chi connectivity index (χ0) is 23.7. The zero-order valence-corrected chi connectivity index (χ0v) is 19.6. The monoisotopic (exact) mass is 474 g/mol. The van der Waals surface area contributed by atoms with E-state index in [-0.39, 0.29) is 12.4 Å². The molecule has 1 aliphatic heterocycles. The second-order valence-corrected chi connectivity index (χ2v) is 8.89. The Bertz CT molecular complexity index is 1400. The Morgan fingerprint density at radius 3 is 2.71 bits per heavy atom. The molecule has 4 aromatic rings. The third-order valence-corrected chi connectivity index (χ3v) is 6.54. The average molecular weight is 475 g/mol. The van der Waals surface area contributed by atoms with Crippen molar-refractivity contribution in [3.05, 3.63) is 76.6 Å². The van der Waals surface area contributed by atoms with Crippen molar-refractivity contribution in [2.75, 3.05) is 19.8 Å². The van der Waals surface area contributed by atoms with Crippen molar-refractivity contribution in [1.29, 1.82) is 0 Å². The van der Waals surface area contributed by atoms with E-state index in [2.05, 4.69) is 4.98 Å². The Balaban J connectivity index is 1.26. The summed E-state index contributed by atoms with van der Waals surface area (Å²) in [6.45, 7) is 4.48. The number of fused-ring (bicyclic) bond motifs is 2. The van der Waals surface area contributed by atoms with Crippen molar-refractivity contribution >= 4 is 39.4 Å². The maximum absolute atomic E-state index is 12.8. The van der Waals surface area contributed by atoms with Crippen LogP contribution in [0.15, 0.2) is 54.6 Å². The topological polar surface area (TPSA) is 79.7 Å². The first-order valence-corrected chi connectivity index (χ1v) is 11.6. The summed E-state index contributed by atoms with van der Waals surface area (Å²) in [7, 11) is 0. The van der Waals surface area contributed by atoms with Gasteiger partial charge in [0, 0.05) is 34.8 Å². The number of ketones is 1. The van der Waals surface area contributed by atoms with E-state index in [9.17, 15) is 9.59 Å². The van der Waals surface area contributed by atoms with Gasteiger partial charge in [0.15, 0.2) is 18.1 Å². The van der Waals surface area contributed by atoms with Crippen LogP contribution in [-0.4, -0.2) is 41.1 Å². The highest BCUT2D eigenvalue weighted by Gasteiger charge is 2.19. The van der Waals surface area contributed by atoms with E-state index in [0.717, 1.165) is 27.3 Å². The molecule has 0 spiro atoms. The molecule has 0 aliphatic carbocycles. The van der Waals surface area contributed by atoms with E-state index in [1.165, 1.54) is 17.4 Å². The lowest BCUT2D eigenvalue weighted by Crippen LogP contribution is -2.16. The molecule has 0 amide bonds. The second-order valence-electron chi connectivity index (χ2n) is 7.83. The number of carbonyl (C=O) groups excluding carboxylic acids is 2. The minimum atomic E-state index is -0.590. The molecule has 0 saturated carbocycles. The Labute approximate surface area is 200 Å². The quantitative estimate of drug-likeness (QED) is 0.224. The minimum Gasteiger partial charge on any atom is -0.486 e. The smallest absolute Gasteiger partial charge is 0.331 e.